The van der Waals surface area contributed by atoms with Crippen LogP contribution >= 0.6 is 0 Å². The van der Waals surface area contributed by atoms with Gasteiger partial charge in [0.25, 0.3) is 0 Å². The van der Waals surface area contributed by atoms with Crippen molar-refractivity contribution in [2.45, 2.75) is 39.2 Å². The predicted octanol–water partition coefficient (Wildman–Crippen LogP) is 3.56. The zero-order valence-corrected chi connectivity index (χ0v) is 19.7. The third-order valence-corrected chi connectivity index (χ3v) is 5.41. The molecule has 1 aliphatic heterocycles. The zero-order chi connectivity index (χ0) is 25.3. The van der Waals surface area contributed by atoms with Gasteiger partial charge < -0.3 is 19.3 Å². The van der Waals surface area contributed by atoms with Crippen LogP contribution in [0.3, 0.4) is 0 Å². The highest BCUT2D eigenvalue weighted by Crippen LogP contribution is 2.21. The summed E-state index contributed by atoms with van der Waals surface area (Å²) in [6.07, 6.45) is -1.95. The lowest BCUT2D eigenvalue weighted by atomic mass is 10.0. The number of fused-ring (bicyclic) bond motifs is 1. The molecule has 0 aliphatic carbocycles. The fourth-order valence-corrected chi connectivity index (χ4v) is 3.68. The Morgan fingerprint density at radius 3 is 2.50 bits per heavy atom. The molecule has 0 saturated carbocycles. The molecule has 0 saturated heterocycles. The molecule has 10 heteroatoms. The summed E-state index contributed by atoms with van der Waals surface area (Å²) < 4.78 is 39.7. The monoisotopic (exact) mass is 483 g/mol. The summed E-state index contributed by atoms with van der Waals surface area (Å²) in [5.74, 6) is -2.23. The van der Waals surface area contributed by atoms with E-state index in [1.54, 1.807) is 19.0 Å². The van der Waals surface area contributed by atoms with E-state index in [1.165, 1.54) is 16.8 Å². The summed E-state index contributed by atoms with van der Waals surface area (Å²) in [5, 5.41) is 7.12. The van der Waals surface area contributed by atoms with E-state index in [0.29, 0.717) is 12.5 Å². The first-order valence-electron chi connectivity index (χ1n) is 11.0. The lowest BCUT2D eigenvalue weighted by molar-refractivity contribution is -0.192. The number of ether oxygens (including phenoxy) is 1. The van der Waals surface area contributed by atoms with E-state index >= 15 is 0 Å². The summed E-state index contributed by atoms with van der Waals surface area (Å²) in [5.41, 5.74) is 4.04. The third-order valence-electron chi connectivity index (χ3n) is 5.41. The number of alkyl halides is 3. The van der Waals surface area contributed by atoms with Gasteiger partial charge in [0.2, 0.25) is 5.91 Å². The van der Waals surface area contributed by atoms with Crippen molar-refractivity contribution in [3.63, 3.8) is 0 Å². The van der Waals surface area contributed by atoms with Crippen LogP contribution in [0.1, 0.15) is 23.2 Å². The minimum absolute atomic E-state index is 0.0182. The summed E-state index contributed by atoms with van der Waals surface area (Å²) in [4.78, 5) is 24.6. The third kappa shape index (κ3) is 9.18. The van der Waals surface area contributed by atoms with Gasteiger partial charge in [0.15, 0.2) is 0 Å². The summed E-state index contributed by atoms with van der Waals surface area (Å²) >= 11 is 0. The van der Waals surface area contributed by atoms with Crippen LogP contribution in [0.25, 0.3) is 0 Å². The molecule has 1 unspecified atom stereocenters. The number of carbonyl (C=O) groups excluding carboxylic acids is 1. The SMILES string of the molecule is Cc1cccc(CN2Cc3cccn3CC(CCOCC(=O)N(C)C)C2)c1.O=C(O)C(F)(F)F. The Labute approximate surface area is 197 Å². The fraction of sp³-hybridized carbons (Fsp3) is 0.500. The van der Waals surface area contributed by atoms with Crippen molar-refractivity contribution in [1.82, 2.24) is 14.4 Å². The summed E-state index contributed by atoms with van der Waals surface area (Å²) in [6.45, 7) is 6.92. The molecule has 0 radical (unpaired) electrons. The highest BCUT2D eigenvalue weighted by molar-refractivity contribution is 5.76. The molecule has 1 aromatic heterocycles. The number of likely N-dealkylation sites (N-methyl/N-ethyl adjacent to an activating group) is 1. The van der Waals surface area contributed by atoms with Gasteiger partial charge in [-0.25, -0.2) is 4.79 Å². The second-order valence-corrected chi connectivity index (χ2v) is 8.61. The highest BCUT2D eigenvalue weighted by atomic mass is 19.4. The number of rotatable bonds is 7. The van der Waals surface area contributed by atoms with Crippen molar-refractivity contribution >= 4 is 11.9 Å². The van der Waals surface area contributed by atoms with Crippen molar-refractivity contribution < 1.29 is 32.6 Å². The number of aryl methyl sites for hydroxylation is 1. The van der Waals surface area contributed by atoms with Crippen molar-refractivity contribution in [3.05, 3.63) is 59.4 Å². The lowest BCUT2D eigenvalue weighted by Gasteiger charge is -2.24. The molecule has 2 heterocycles. The second kappa shape index (κ2) is 12.6. The molecule has 0 spiro atoms. The highest BCUT2D eigenvalue weighted by Gasteiger charge is 2.38. The molecule has 2 aromatic rings. The summed E-state index contributed by atoms with van der Waals surface area (Å²) in [6, 6.07) is 13.1. The molecule has 1 N–H and O–H groups in total. The van der Waals surface area contributed by atoms with Crippen molar-refractivity contribution in [3.8, 4) is 0 Å². The van der Waals surface area contributed by atoms with Gasteiger partial charge in [-0.1, -0.05) is 29.8 Å². The Balaban J connectivity index is 0.000000509. The maximum absolute atomic E-state index is 11.6. The van der Waals surface area contributed by atoms with Gasteiger partial charge in [0, 0.05) is 58.8 Å². The van der Waals surface area contributed by atoms with Gasteiger partial charge in [0.05, 0.1) is 0 Å². The first kappa shape index (κ1) is 27.4. The van der Waals surface area contributed by atoms with Gasteiger partial charge in [-0.2, -0.15) is 13.2 Å². The van der Waals surface area contributed by atoms with Crippen molar-refractivity contribution in [1.29, 1.82) is 0 Å². The standard InChI is InChI=1S/C22H31N3O2.C2HF3O2/c1-18-6-4-7-19(12-18)13-24-14-20(9-11-27-17-22(26)23(2)3)15-25-10-5-8-21(25)16-24;3-2(4,5)1(6)7/h4-8,10,12,20H,9,11,13-17H2,1-3H3;(H,6,7). The number of nitrogens with zero attached hydrogens (tertiary/aromatic N) is 3. The maximum Gasteiger partial charge on any atom is 0.490 e. The van der Waals surface area contributed by atoms with Gasteiger partial charge in [0.1, 0.15) is 6.61 Å². The van der Waals surface area contributed by atoms with Gasteiger partial charge in [-0.05, 0) is 37.0 Å². The molecular weight excluding hydrogens is 451 g/mol. The van der Waals surface area contributed by atoms with Crippen LogP contribution in [0, 0.1) is 12.8 Å². The smallest absolute Gasteiger partial charge is 0.475 e. The van der Waals surface area contributed by atoms with E-state index in [-0.39, 0.29) is 12.5 Å². The number of benzene rings is 1. The molecule has 0 fully saturated rings. The number of carboxylic acid groups (broad SMARTS) is 1. The molecule has 1 aliphatic rings. The first-order chi connectivity index (χ1) is 16.0. The number of carboxylic acids is 1. The largest absolute Gasteiger partial charge is 0.490 e. The van der Waals surface area contributed by atoms with Crippen LogP contribution in [0.4, 0.5) is 13.2 Å². The van der Waals surface area contributed by atoms with Gasteiger partial charge in [-0.3, -0.25) is 9.69 Å². The number of halogens is 3. The number of aromatic nitrogens is 1. The van der Waals surface area contributed by atoms with Gasteiger partial charge >= 0.3 is 12.1 Å². The Hall–Kier alpha value is -2.85. The topological polar surface area (TPSA) is 75.0 Å². The van der Waals surface area contributed by atoms with Crippen LogP contribution in [-0.4, -0.2) is 71.4 Å². The molecule has 1 aromatic carbocycles. The minimum Gasteiger partial charge on any atom is -0.475 e. The van der Waals surface area contributed by atoms with Crippen molar-refractivity contribution in [2.75, 3.05) is 33.9 Å². The van der Waals surface area contributed by atoms with E-state index < -0.39 is 12.1 Å². The molecular formula is C24H32F3N3O4. The van der Waals surface area contributed by atoms with Crippen LogP contribution in [-0.2, 0) is 34.0 Å². The Morgan fingerprint density at radius 1 is 1.18 bits per heavy atom. The van der Waals surface area contributed by atoms with Crippen molar-refractivity contribution in [2.24, 2.45) is 5.92 Å². The number of hydrogen-bond acceptors (Lipinski definition) is 4. The Bertz CT molecular complexity index is 944. The van der Waals surface area contributed by atoms with E-state index in [0.717, 1.165) is 32.6 Å². The number of amides is 1. The molecule has 188 valence electrons. The average Bonchev–Trinajstić information content (AvgIpc) is 3.10. The summed E-state index contributed by atoms with van der Waals surface area (Å²) in [7, 11) is 3.52. The first-order valence-corrected chi connectivity index (χ1v) is 11.0. The second-order valence-electron chi connectivity index (χ2n) is 8.61. The molecule has 1 atom stereocenters. The molecule has 7 nitrogen and oxygen atoms in total. The molecule has 1 amide bonds. The molecule has 0 bridgehead atoms. The van der Waals surface area contributed by atoms with Gasteiger partial charge in [-0.15, -0.1) is 0 Å². The van der Waals surface area contributed by atoms with Crippen LogP contribution in [0.5, 0.6) is 0 Å². The van der Waals surface area contributed by atoms with E-state index in [9.17, 15) is 18.0 Å². The van der Waals surface area contributed by atoms with E-state index in [4.69, 9.17) is 14.6 Å². The fourth-order valence-electron chi connectivity index (χ4n) is 3.68. The van der Waals surface area contributed by atoms with Crippen LogP contribution < -0.4 is 0 Å². The minimum atomic E-state index is -5.08. The van der Waals surface area contributed by atoms with E-state index in [2.05, 4.69) is 59.0 Å². The van der Waals surface area contributed by atoms with Crippen LogP contribution in [0.2, 0.25) is 0 Å². The Morgan fingerprint density at radius 2 is 1.88 bits per heavy atom. The molecule has 34 heavy (non-hydrogen) atoms. The lowest BCUT2D eigenvalue weighted by Crippen LogP contribution is -2.29. The predicted molar refractivity (Wildman–Crippen MR) is 121 cm³/mol. The number of aliphatic carboxylic acids is 1. The average molecular weight is 484 g/mol. The van der Waals surface area contributed by atoms with Crippen LogP contribution in [0.15, 0.2) is 42.6 Å². The number of carbonyl (C=O) groups is 2. The zero-order valence-electron chi connectivity index (χ0n) is 19.7. The maximum atomic E-state index is 11.6. The van der Waals surface area contributed by atoms with E-state index in [1.807, 2.05) is 0 Å². The molecule has 3 rings (SSSR count). The number of hydrogen-bond donors (Lipinski definition) is 1. The Kier molecular flexibility index (Phi) is 10.1. The normalized spacial score (nSPS) is 16.1. The quantitative estimate of drug-likeness (QED) is 0.610.